The number of carbonyl (C=O) groups excluding carboxylic acids is 2. The van der Waals surface area contributed by atoms with Gasteiger partial charge in [-0.25, -0.2) is 0 Å². The molecule has 2 unspecified atom stereocenters. The highest BCUT2D eigenvalue weighted by atomic mass is 16.3. The van der Waals surface area contributed by atoms with Crippen LogP contribution in [0.5, 0.6) is 11.5 Å². The average molecular weight is 326 g/mol. The van der Waals surface area contributed by atoms with Crippen molar-refractivity contribution in [3.8, 4) is 11.5 Å². The molecule has 0 radical (unpaired) electrons. The Balaban J connectivity index is 2.46. The third-order valence-corrected chi connectivity index (χ3v) is 4.14. The number of ketones is 2. The zero-order chi connectivity index (χ0) is 17.7. The van der Waals surface area contributed by atoms with Gasteiger partial charge >= 0.3 is 0 Å². The number of hydrogen-bond acceptors (Lipinski definition) is 4. The Kier molecular flexibility index (Phi) is 5.74. The quantitative estimate of drug-likeness (QED) is 0.808. The predicted octanol–water partition coefficient (Wildman–Crippen LogP) is 3.92. The second-order valence-corrected chi connectivity index (χ2v) is 6.21. The van der Waals surface area contributed by atoms with Gasteiger partial charge in [-0.15, -0.1) is 0 Å². The van der Waals surface area contributed by atoms with E-state index >= 15 is 0 Å². The Labute approximate surface area is 141 Å². The van der Waals surface area contributed by atoms with Crippen LogP contribution in [0.4, 0.5) is 0 Å². The maximum Gasteiger partial charge on any atom is 0.130 e. The number of hydrogen-bond donors (Lipinski definition) is 2. The van der Waals surface area contributed by atoms with Crippen molar-refractivity contribution in [3.63, 3.8) is 0 Å². The van der Waals surface area contributed by atoms with Gasteiger partial charge in [0.05, 0.1) is 0 Å². The Morgan fingerprint density at radius 3 is 1.25 bits per heavy atom. The fourth-order valence-corrected chi connectivity index (χ4v) is 3.05. The lowest BCUT2D eigenvalue weighted by atomic mass is 9.76. The van der Waals surface area contributed by atoms with Crippen molar-refractivity contribution in [1.29, 1.82) is 0 Å². The third kappa shape index (κ3) is 4.69. The van der Waals surface area contributed by atoms with Crippen molar-refractivity contribution >= 4 is 11.6 Å². The van der Waals surface area contributed by atoms with E-state index in [1.807, 2.05) is 0 Å². The maximum atomic E-state index is 11.8. The summed E-state index contributed by atoms with van der Waals surface area (Å²) in [5, 5.41) is 19.0. The van der Waals surface area contributed by atoms with Crippen molar-refractivity contribution < 1.29 is 19.8 Å². The first-order chi connectivity index (χ1) is 11.4. The van der Waals surface area contributed by atoms with E-state index in [2.05, 4.69) is 0 Å². The lowest BCUT2D eigenvalue weighted by Gasteiger charge is -2.27. The van der Waals surface area contributed by atoms with Crippen LogP contribution in [0.1, 0.15) is 49.7 Å². The summed E-state index contributed by atoms with van der Waals surface area (Å²) in [6.45, 7) is 3.07. The second-order valence-electron chi connectivity index (χ2n) is 6.21. The second kappa shape index (κ2) is 7.77. The van der Waals surface area contributed by atoms with Crippen LogP contribution in [-0.4, -0.2) is 21.8 Å². The van der Waals surface area contributed by atoms with E-state index in [0.29, 0.717) is 12.8 Å². The topological polar surface area (TPSA) is 74.6 Å². The van der Waals surface area contributed by atoms with Gasteiger partial charge in [-0.3, -0.25) is 0 Å². The van der Waals surface area contributed by atoms with Crippen molar-refractivity contribution in [2.45, 2.75) is 38.5 Å². The first-order valence-electron chi connectivity index (χ1n) is 7.93. The Hall–Kier alpha value is -2.62. The van der Waals surface area contributed by atoms with Gasteiger partial charge in [-0.2, -0.15) is 0 Å². The molecule has 0 aliphatic rings. The SMILES string of the molecule is CC(=O)CC(c1ccc(O)cc1)C(CC(C)=O)c1ccc(O)cc1. The molecule has 0 heterocycles. The summed E-state index contributed by atoms with van der Waals surface area (Å²) >= 11 is 0. The standard InChI is InChI=1S/C20H22O4/c1-13(21)11-19(15-3-7-17(23)8-4-15)20(12-14(2)22)16-5-9-18(24)10-6-16/h3-10,19-20,23-24H,11-12H2,1-2H3. The van der Waals surface area contributed by atoms with Crippen molar-refractivity contribution in [1.82, 2.24) is 0 Å². The fourth-order valence-electron chi connectivity index (χ4n) is 3.05. The summed E-state index contributed by atoms with van der Waals surface area (Å²) in [6, 6.07) is 13.5. The van der Waals surface area contributed by atoms with Crippen LogP contribution in [0.25, 0.3) is 0 Å². The zero-order valence-corrected chi connectivity index (χ0v) is 13.9. The molecule has 0 bridgehead atoms. The minimum atomic E-state index is -0.170. The molecule has 2 aromatic rings. The number of Topliss-reactive ketones (excluding diaryl/α,β-unsaturated/α-hetero) is 2. The minimum Gasteiger partial charge on any atom is -0.508 e. The van der Waals surface area contributed by atoms with Crippen LogP contribution in [0.15, 0.2) is 48.5 Å². The number of phenols is 2. The highest BCUT2D eigenvalue weighted by Gasteiger charge is 2.27. The van der Waals surface area contributed by atoms with Gasteiger partial charge in [-0.1, -0.05) is 24.3 Å². The first-order valence-corrected chi connectivity index (χ1v) is 7.93. The van der Waals surface area contributed by atoms with E-state index in [1.54, 1.807) is 48.5 Å². The molecule has 4 heteroatoms. The van der Waals surface area contributed by atoms with E-state index in [0.717, 1.165) is 11.1 Å². The molecule has 2 rings (SSSR count). The summed E-state index contributed by atoms with van der Waals surface area (Å²) in [4.78, 5) is 23.6. The van der Waals surface area contributed by atoms with Gasteiger partial charge in [0.1, 0.15) is 23.1 Å². The number of phenolic OH excluding ortho intramolecular Hbond substituents is 2. The van der Waals surface area contributed by atoms with Gasteiger partial charge in [-0.05, 0) is 61.1 Å². The first kappa shape index (κ1) is 17.7. The van der Waals surface area contributed by atoms with Gasteiger partial charge < -0.3 is 19.8 Å². The number of aromatic hydroxyl groups is 2. The molecule has 4 nitrogen and oxygen atoms in total. The van der Waals surface area contributed by atoms with E-state index in [9.17, 15) is 19.8 Å². The van der Waals surface area contributed by atoms with Crippen molar-refractivity contribution in [2.75, 3.05) is 0 Å². The number of carbonyl (C=O) groups is 2. The lowest BCUT2D eigenvalue weighted by molar-refractivity contribution is -0.119. The normalized spacial score (nSPS) is 13.2. The van der Waals surface area contributed by atoms with Crippen LogP contribution in [0.3, 0.4) is 0 Å². The molecule has 24 heavy (non-hydrogen) atoms. The molecule has 0 aliphatic heterocycles. The molecule has 0 aromatic heterocycles. The van der Waals surface area contributed by atoms with E-state index in [4.69, 9.17) is 0 Å². The highest BCUT2D eigenvalue weighted by Crippen LogP contribution is 2.39. The molecule has 2 N–H and O–H groups in total. The maximum absolute atomic E-state index is 11.8. The molecular weight excluding hydrogens is 304 g/mol. The van der Waals surface area contributed by atoms with Gasteiger partial charge in [0.2, 0.25) is 0 Å². The molecule has 0 saturated carbocycles. The van der Waals surface area contributed by atoms with E-state index in [-0.39, 0.29) is 34.9 Å². The van der Waals surface area contributed by atoms with E-state index in [1.165, 1.54) is 13.8 Å². The van der Waals surface area contributed by atoms with Gasteiger partial charge in [0, 0.05) is 12.8 Å². The summed E-state index contributed by atoms with van der Waals surface area (Å²) < 4.78 is 0. The third-order valence-electron chi connectivity index (χ3n) is 4.14. The van der Waals surface area contributed by atoms with Gasteiger partial charge in [0.25, 0.3) is 0 Å². The summed E-state index contributed by atoms with van der Waals surface area (Å²) in [5.41, 5.74) is 1.81. The predicted molar refractivity (Wildman–Crippen MR) is 92.3 cm³/mol. The van der Waals surface area contributed by atoms with Crippen molar-refractivity contribution in [2.24, 2.45) is 0 Å². The molecule has 2 atom stereocenters. The van der Waals surface area contributed by atoms with Crippen LogP contribution in [0, 0.1) is 0 Å². The molecule has 0 fully saturated rings. The summed E-state index contributed by atoms with van der Waals surface area (Å²) in [6.07, 6.45) is 0.618. The zero-order valence-electron chi connectivity index (χ0n) is 13.9. The molecule has 126 valence electrons. The fraction of sp³-hybridized carbons (Fsp3) is 0.300. The Morgan fingerprint density at radius 2 is 1.00 bits per heavy atom. The highest BCUT2D eigenvalue weighted by molar-refractivity contribution is 5.78. The number of rotatable bonds is 7. The van der Waals surface area contributed by atoms with Crippen LogP contribution < -0.4 is 0 Å². The smallest absolute Gasteiger partial charge is 0.130 e. The Morgan fingerprint density at radius 1 is 0.708 bits per heavy atom. The molecule has 0 amide bonds. The monoisotopic (exact) mass is 326 g/mol. The molecule has 0 spiro atoms. The Bertz CT molecular complexity index is 638. The largest absolute Gasteiger partial charge is 0.508 e. The minimum absolute atomic E-state index is 0.0420. The average Bonchev–Trinajstić information content (AvgIpc) is 2.52. The molecule has 2 aromatic carbocycles. The summed E-state index contributed by atoms with van der Waals surface area (Å²) in [7, 11) is 0. The van der Waals surface area contributed by atoms with E-state index < -0.39 is 0 Å². The lowest BCUT2D eigenvalue weighted by Crippen LogP contribution is -2.17. The van der Waals surface area contributed by atoms with Crippen LogP contribution in [0.2, 0.25) is 0 Å². The van der Waals surface area contributed by atoms with Gasteiger partial charge in [0.15, 0.2) is 0 Å². The summed E-state index contributed by atoms with van der Waals surface area (Å²) in [5.74, 6) is 0.0649. The van der Waals surface area contributed by atoms with Crippen LogP contribution >= 0.6 is 0 Å². The van der Waals surface area contributed by atoms with Crippen molar-refractivity contribution in [3.05, 3.63) is 59.7 Å². The van der Waals surface area contributed by atoms with Crippen LogP contribution in [-0.2, 0) is 9.59 Å². The molecule has 0 aliphatic carbocycles. The molecule has 0 saturated heterocycles. The number of benzene rings is 2. The molecular formula is C20H22O4.